The Kier molecular flexibility index (Phi) is 4.26. The van der Waals surface area contributed by atoms with Gasteiger partial charge in [0.1, 0.15) is 0 Å². The van der Waals surface area contributed by atoms with E-state index in [1.54, 1.807) is 12.1 Å². The molecule has 1 aromatic rings. The van der Waals surface area contributed by atoms with E-state index in [1.807, 2.05) is 18.2 Å². The number of benzene rings is 1. The lowest BCUT2D eigenvalue weighted by Crippen LogP contribution is -2.14. The lowest BCUT2D eigenvalue weighted by atomic mass is 10.1. The van der Waals surface area contributed by atoms with Crippen LogP contribution in [0.15, 0.2) is 30.3 Å². The Labute approximate surface area is 87.7 Å². The molecule has 1 aromatic carbocycles. The number of alkyl halides is 2. The summed E-state index contributed by atoms with van der Waals surface area (Å²) in [6.45, 7) is 0. The van der Waals surface area contributed by atoms with E-state index in [-0.39, 0.29) is 5.78 Å². The van der Waals surface area contributed by atoms with Crippen LogP contribution in [0.3, 0.4) is 0 Å². The minimum Gasteiger partial charge on any atom is -0.293 e. The molecule has 70 valence electrons. The summed E-state index contributed by atoms with van der Waals surface area (Å²) in [4.78, 5) is 11.5. The molecule has 0 aliphatic rings. The maximum atomic E-state index is 11.5. The second-order valence-corrected chi connectivity index (χ2v) is 3.58. The van der Waals surface area contributed by atoms with Crippen LogP contribution in [0.5, 0.6) is 0 Å². The fraction of sp³-hybridized carbons (Fsp3) is 0.300. The zero-order valence-electron chi connectivity index (χ0n) is 7.04. The summed E-state index contributed by atoms with van der Waals surface area (Å²) in [6.07, 6.45) is 0.511. The van der Waals surface area contributed by atoms with Crippen molar-refractivity contribution in [2.45, 2.75) is 11.8 Å². The number of hydrogen-bond acceptors (Lipinski definition) is 1. The molecular weight excluding hydrogens is 207 g/mol. The van der Waals surface area contributed by atoms with Gasteiger partial charge in [-0.3, -0.25) is 4.79 Å². The van der Waals surface area contributed by atoms with Crippen LogP contribution in [0.4, 0.5) is 0 Å². The van der Waals surface area contributed by atoms with Crippen LogP contribution < -0.4 is 0 Å². The zero-order valence-corrected chi connectivity index (χ0v) is 8.55. The fourth-order valence-electron chi connectivity index (χ4n) is 1.01. The van der Waals surface area contributed by atoms with Gasteiger partial charge in [-0.05, 0) is 6.42 Å². The van der Waals surface area contributed by atoms with Crippen molar-refractivity contribution in [2.24, 2.45) is 0 Å². The van der Waals surface area contributed by atoms with E-state index in [0.717, 1.165) is 0 Å². The summed E-state index contributed by atoms with van der Waals surface area (Å²) in [5, 5.41) is -0.500. The molecule has 0 aliphatic heterocycles. The fourth-order valence-corrected chi connectivity index (χ4v) is 1.58. The Morgan fingerprint density at radius 1 is 1.31 bits per heavy atom. The molecule has 0 fully saturated rings. The molecule has 0 amide bonds. The Morgan fingerprint density at radius 3 is 2.46 bits per heavy atom. The van der Waals surface area contributed by atoms with E-state index >= 15 is 0 Å². The number of Topliss-reactive ketones (excluding diaryl/α,β-unsaturated/α-hetero) is 1. The number of carbonyl (C=O) groups excluding carboxylic acids is 1. The van der Waals surface area contributed by atoms with Crippen molar-refractivity contribution in [3.63, 3.8) is 0 Å². The first-order valence-corrected chi connectivity index (χ1v) is 5.02. The molecule has 1 rings (SSSR count). The van der Waals surface area contributed by atoms with Gasteiger partial charge in [0.05, 0.1) is 5.38 Å². The van der Waals surface area contributed by atoms with Crippen LogP contribution in [0.2, 0.25) is 0 Å². The normalized spacial score (nSPS) is 12.5. The van der Waals surface area contributed by atoms with Crippen LogP contribution in [0, 0.1) is 0 Å². The maximum Gasteiger partial charge on any atom is 0.180 e. The lowest BCUT2D eigenvalue weighted by molar-refractivity contribution is 0.0986. The molecule has 0 aromatic heterocycles. The second-order valence-electron chi connectivity index (χ2n) is 2.68. The smallest absolute Gasteiger partial charge is 0.180 e. The summed E-state index contributed by atoms with van der Waals surface area (Å²) >= 11 is 11.3. The van der Waals surface area contributed by atoms with Gasteiger partial charge in [0.25, 0.3) is 0 Å². The summed E-state index contributed by atoms with van der Waals surface area (Å²) in [5.41, 5.74) is 0.646. The number of carbonyl (C=O) groups is 1. The molecule has 0 saturated carbocycles. The quantitative estimate of drug-likeness (QED) is 0.559. The molecule has 0 radical (unpaired) electrons. The number of halogens is 2. The minimum absolute atomic E-state index is 0.0529. The van der Waals surface area contributed by atoms with E-state index in [4.69, 9.17) is 23.2 Å². The number of hydrogen-bond donors (Lipinski definition) is 0. The Balaban J connectivity index is 2.68. The molecule has 1 atom stereocenters. The van der Waals surface area contributed by atoms with Gasteiger partial charge in [-0.2, -0.15) is 0 Å². The van der Waals surface area contributed by atoms with Crippen LogP contribution in [-0.2, 0) is 0 Å². The minimum atomic E-state index is -0.500. The van der Waals surface area contributed by atoms with Crippen LogP contribution >= 0.6 is 23.2 Å². The van der Waals surface area contributed by atoms with Gasteiger partial charge in [0.2, 0.25) is 0 Å². The SMILES string of the molecule is O=C(c1ccccc1)[C@H](Cl)CCCl. The highest BCUT2D eigenvalue weighted by molar-refractivity contribution is 6.34. The average molecular weight is 217 g/mol. The predicted molar refractivity (Wildman–Crippen MR) is 55.8 cm³/mol. The summed E-state index contributed by atoms with van der Waals surface area (Å²) in [7, 11) is 0. The third-order valence-corrected chi connectivity index (χ3v) is 2.34. The average Bonchev–Trinajstić information content (AvgIpc) is 2.18. The molecule has 0 N–H and O–H groups in total. The highest BCUT2D eigenvalue weighted by Crippen LogP contribution is 2.11. The lowest BCUT2D eigenvalue weighted by Gasteiger charge is -2.05. The second kappa shape index (κ2) is 5.25. The molecule has 0 saturated heterocycles. The molecule has 0 spiro atoms. The van der Waals surface area contributed by atoms with Gasteiger partial charge in [-0.1, -0.05) is 30.3 Å². The number of rotatable bonds is 4. The molecule has 0 aliphatic carbocycles. The molecule has 0 unspecified atom stereocenters. The summed E-state index contributed by atoms with van der Waals surface area (Å²) in [5.74, 6) is 0.357. The topological polar surface area (TPSA) is 17.1 Å². The third kappa shape index (κ3) is 3.02. The van der Waals surface area contributed by atoms with Crippen molar-refractivity contribution >= 4 is 29.0 Å². The largest absolute Gasteiger partial charge is 0.293 e. The van der Waals surface area contributed by atoms with Gasteiger partial charge in [-0.15, -0.1) is 23.2 Å². The first kappa shape index (κ1) is 10.6. The molecule has 3 heteroatoms. The van der Waals surface area contributed by atoms with Gasteiger partial charge in [0.15, 0.2) is 5.78 Å². The summed E-state index contributed by atoms with van der Waals surface area (Å²) < 4.78 is 0. The Bertz CT molecular complexity index is 272. The van der Waals surface area contributed by atoms with E-state index in [1.165, 1.54) is 0 Å². The van der Waals surface area contributed by atoms with Crippen molar-refractivity contribution in [3.8, 4) is 0 Å². The van der Waals surface area contributed by atoms with Crippen molar-refractivity contribution in [3.05, 3.63) is 35.9 Å². The van der Waals surface area contributed by atoms with Crippen molar-refractivity contribution in [2.75, 3.05) is 5.88 Å². The molecule has 13 heavy (non-hydrogen) atoms. The first-order valence-electron chi connectivity index (χ1n) is 4.05. The monoisotopic (exact) mass is 216 g/mol. The van der Waals surface area contributed by atoms with E-state index < -0.39 is 5.38 Å². The molecule has 1 nitrogen and oxygen atoms in total. The standard InChI is InChI=1S/C10H10Cl2O/c11-7-6-9(12)10(13)8-4-2-1-3-5-8/h1-5,9H,6-7H2/t9-/m1/s1. The number of ketones is 1. The third-order valence-electron chi connectivity index (χ3n) is 1.71. The highest BCUT2D eigenvalue weighted by Gasteiger charge is 2.15. The van der Waals surface area contributed by atoms with Crippen molar-refractivity contribution in [1.82, 2.24) is 0 Å². The van der Waals surface area contributed by atoms with Crippen LogP contribution in [-0.4, -0.2) is 17.0 Å². The van der Waals surface area contributed by atoms with E-state index in [9.17, 15) is 4.79 Å². The van der Waals surface area contributed by atoms with Gasteiger partial charge < -0.3 is 0 Å². The Hall–Kier alpha value is -0.530. The molecular formula is C10H10Cl2O. The predicted octanol–water partition coefficient (Wildman–Crippen LogP) is 3.11. The maximum absolute atomic E-state index is 11.5. The van der Waals surface area contributed by atoms with Crippen LogP contribution in [0.25, 0.3) is 0 Å². The summed E-state index contributed by atoms with van der Waals surface area (Å²) in [6, 6.07) is 9.01. The van der Waals surface area contributed by atoms with Gasteiger partial charge in [0, 0.05) is 11.4 Å². The first-order chi connectivity index (χ1) is 6.25. The van der Waals surface area contributed by atoms with E-state index in [0.29, 0.717) is 17.9 Å². The highest BCUT2D eigenvalue weighted by atomic mass is 35.5. The van der Waals surface area contributed by atoms with Crippen molar-refractivity contribution < 1.29 is 4.79 Å². The van der Waals surface area contributed by atoms with Crippen molar-refractivity contribution in [1.29, 1.82) is 0 Å². The molecule has 0 bridgehead atoms. The van der Waals surface area contributed by atoms with Gasteiger partial charge >= 0.3 is 0 Å². The van der Waals surface area contributed by atoms with Crippen LogP contribution in [0.1, 0.15) is 16.8 Å². The van der Waals surface area contributed by atoms with E-state index in [2.05, 4.69) is 0 Å². The Morgan fingerprint density at radius 2 is 1.92 bits per heavy atom. The van der Waals surface area contributed by atoms with Gasteiger partial charge in [-0.25, -0.2) is 0 Å². The molecule has 0 heterocycles. The zero-order chi connectivity index (χ0) is 9.68.